The molecule has 0 aromatic heterocycles. The van der Waals surface area contributed by atoms with Gasteiger partial charge in [-0.1, -0.05) is 0 Å². The van der Waals surface area contributed by atoms with E-state index >= 15 is 0 Å². The average molecular weight is 274 g/mol. The zero-order valence-electron chi connectivity index (χ0n) is 10.1. The molecule has 3 rings (SSSR count). The Morgan fingerprint density at radius 1 is 1.39 bits per heavy atom. The van der Waals surface area contributed by atoms with Crippen molar-refractivity contribution >= 4 is 17.7 Å². The van der Waals surface area contributed by atoms with E-state index in [4.69, 9.17) is 9.47 Å². The normalized spacial score (nSPS) is 19.2. The van der Waals surface area contributed by atoms with Crippen LogP contribution < -0.4 is 44.1 Å². The van der Waals surface area contributed by atoms with Gasteiger partial charge >= 0.3 is 29.6 Å². The maximum atomic E-state index is 10.5. The quantitative estimate of drug-likeness (QED) is 0.590. The number of fused-ring (bicyclic) bond motifs is 2. The van der Waals surface area contributed by atoms with Gasteiger partial charge in [-0.2, -0.15) is 0 Å². The van der Waals surface area contributed by atoms with Gasteiger partial charge in [-0.05, 0) is 36.1 Å². The van der Waals surface area contributed by atoms with E-state index in [0.29, 0.717) is 0 Å². The molecule has 0 saturated carbocycles. The number of thioether (sulfide) groups is 1. The van der Waals surface area contributed by atoms with E-state index in [1.165, 1.54) is 22.9 Å². The van der Waals surface area contributed by atoms with Gasteiger partial charge in [0.15, 0.2) is 11.5 Å². The van der Waals surface area contributed by atoms with E-state index in [0.717, 1.165) is 24.3 Å². The number of hydrogen-bond donors (Lipinski definition) is 0. The maximum Gasteiger partial charge on any atom is 1.00 e. The summed E-state index contributed by atoms with van der Waals surface area (Å²) in [4.78, 5) is 10.5. The minimum Gasteiger partial charge on any atom is -0.549 e. The number of aliphatic carboxylic acids is 1. The number of aryl methyl sites for hydroxylation is 1. The molecule has 90 valence electrons. The zero-order chi connectivity index (χ0) is 11.8. The van der Waals surface area contributed by atoms with E-state index in [1.54, 1.807) is 0 Å². The topological polar surface area (TPSA) is 58.6 Å². The number of rotatable bonds is 3. The summed E-state index contributed by atoms with van der Waals surface area (Å²) in [6.07, 6.45) is 1.94. The van der Waals surface area contributed by atoms with E-state index in [-0.39, 0.29) is 47.4 Å². The Bertz CT molecular complexity index is 477. The number of ether oxygens (including phenoxy) is 2. The van der Waals surface area contributed by atoms with Gasteiger partial charge in [0.25, 0.3) is 0 Å². The number of carbonyl (C=O) groups excluding carboxylic acids is 1. The molecule has 1 heterocycles. The van der Waals surface area contributed by atoms with Crippen LogP contribution in [0, 0.1) is 0 Å². The van der Waals surface area contributed by atoms with Gasteiger partial charge in [-0.25, -0.2) is 0 Å². The van der Waals surface area contributed by atoms with E-state index in [9.17, 15) is 9.90 Å². The molecule has 2 aliphatic rings. The molecular formula is C12H11NaO4S. The first-order chi connectivity index (χ1) is 8.24. The summed E-state index contributed by atoms with van der Waals surface area (Å²) in [6.45, 7) is 0.273. The molecule has 0 N–H and O–H groups in total. The average Bonchev–Trinajstić information content (AvgIpc) is 2.88. The number of hydrogen-bond acceptors (Lipinski definition) is 5. The van der Waals surface area contributed by atoms with Crippen molar-refractivity contribution < 1.29 is 48.9 Å². The third-order valence-corrected chi connectivity index (χ3v) is 4.35. The molecule has 6 heteroatoms. The molecule has 1 atom stereocenters. The molecule has 1 aromatic carbocycles. The van der Waals surface area contributed by atoms with Crippen molar-refractivity contribution in [3.05, 3.63) is 23.3 Å². The van der Waals surface area contributed by atoms with Crippen molar-refractivity contribution in [2.75, 3.05) is 12.5 Å². The van der Waals surface area contributed by atoms with Gasteiger partial charge in [-0.15, -0.1) is 11.8 Å². The Hall–Kier alpha value is -0.360. The maximum absolute atomic E-state index is 10.5. The molecule has 1 aliphatic carbocycles. The minimum atomic E-state index is -1.01. The van der Waals surface area contributed by atoms with Crippen LogP contribution in [0.3, 0.4) is 0 Å². The first-order valence-electron chi connectivity index (χ1n) is 5.48. The first-order valence-corrected chi connectivity index (χ1v) is 6.53. The predicted octanol–water partition coefficient (Wildman–Crippen LogP) is -2.11. The second-order valence-electron chi connectivity index (χ2n) is 4.11. The van der Waals surface area contributed by atoms with Gasteiger partial charge in [0.05, 0.1) is 5.97 Å². The predicted molar refractivity (Wildman–Crippen MR) is 61.1 cm³/mol. The SMILES string of the molecule is O=C([O-])CSC1CCc2cc3c(cc21)OCO3.[Na+]. The second kappa shape index (κ2) is 5.74. The van der Waals surface area contributed by atoms with Crippen molar-refractivity contribution in [2.24, 2.45) is 0 Å². The van der Waals surface area contributed by atoms with Crippen LogP contribution in [-0.2, 0) is 11.2 Å². The molecule has 0 radical (unpaired) electrons. The molecular weight excluding hydrogens is 263 g/mol. The van der Waals surface area contributed by atoms with E-state index in [1.807, 2.05) is 12.1 Å². The summed E-state index contributed by atoms with van der Waals surface area (Å²) < 4.78 is 10.7. The van der Waals surface area contributed by atoms with E-state index in [2.05, 4.69) is 0 Å². The van der Waals surface area contributed by atoms with Crippen LogP contribution in [0.1, 0.15) is 22.8 Å². The molecule has 1 unspecified atom stereocenters. The van der Waals surface area contributed by atoms with Gasteiger partial charge in [0.1, 0.15) is 0 Å². The number of carbonyl (C=O) groups is 1. The fraction of sp³-hybridized carbons (Fsp3) is 0.417. The molecule has 4 nitrogen and oxygen atoms in total. The van der Waals surface area contributed by atoms with Crippen molar-refractivity contribution in [3.63, 3.8) is 0 Å². The van der Waals surface area contributed by atoms with Gasteiger partial charge < -0.3 is 19.4 Å². The van der Waals surface area contributed by atoms with Crippen LogP contribution in [0.4, 0.5) is 0 Å². The Kier molecular flexibility index (Phi) is 4.48. The summed E-state index contributed by atoms with van der Waals surface area (Å²) >= 11 is 1.42. The molecule has 1 aromatic rings. The smallest absolute Gasteiger partial charge is 0.549 e. The molecule has 0 saturated heterocycles. The van der Waals surface area contributed by atoms with Crippen molar-refractivity contribution in [1.29, 1.82) is 0 Å². The fourth-order valence-corrected chi connectivity index (χ4v) is 3.32. The molecule has 0 bridgehead atoms. The van der Waals surface area contributed by atoms with Crippen LogP contribution in [-0.4, -0.2) is 18.5 Å². The van der Waals surface area contributed by atoms with Crippen molar-refractivity contribution in [2.45, 2.75) is 18.1 Å². The Labute approximate surface area is 131 Å². The minimum absolute atomic E-state index is 0. The van der Waals surface area contributed by atoms with Gasteiger partial charge in [-0.3, -0.25) is 0 Å². The molecule has 0 fully saturated rings. The monoisotopic (exact) mass is 274 g/mol. The standard InChI is InChI=1S/C12H12O4S.Na/c13-12(14)5-17-11-2-1-7-3-9-10(4-8(7)11)16-6-15-9;/h3-4,11H,1-2,5-6H2,(H,13,14);/q;+1/p-1. The summed E-state index contributed by atoms with van der Waals surface area (Å²) in [7, 11) is 0. The van der Waals surface area contributed by atoms with Crippen LogP contribution in [0.2, 0.25) is 0 Å². The Morgan fingerprint density at radius 3 is 2.83 bits per heavy atom. The third kappa shape index (κ3) is 2.64. The second-order valence-corrected chi connectivity index (χ2v) is 5.31. The Morgan fingerprint density at radius 2 is 2.11 bits per heavy atom. The Balaban J connectivity index is 0.00000120. The number of carboxylic acid groups (broad SMARTS) is 1. The van der Waals surface area contributed by atoms with Crippen molar-refractivity contribution in [1.82, 2.24) is 0 Å². The van der Waals surface area contributed by atoms with Gasteiger partial charge in [0, 0.05) is 11.0 Å². The summed E-state index contributed by atoms with van der Waals surface area (Å²) in [5.41, 5.74) is 2.42. The van der Waals surface area contributed by atoms with Crippen molar-refractivity contribution in [3.8, 4) is 11.5 Å². The van der Waals surface area contributed by atoms with Crippen LogP contribution >= 0.6 is 11.8 Å². The summed E-state index contributed by atoms with van der Waals surface area (Å²) in [6, 6.07) is 3.99. The molecule has 1 aliphatic heterocycles. The summed E-state index contributed by atoms with van der Waals surface area (Å²) in [5.74, 6) is 0.599. The summed E-state index contributed by atoms with van der Waals surface area (Å²) in [5, 5.41) is 10.7. The fourth-order valence-electron chi connectivity index (χ4n) is 2.30. The third-order valence-electron chi connectivity index (χ3n) is 3.06. The largest absolute Gasteiger partial charge is 1.00 e. The van der Waals surface area contributed by atoms with Crippen LogP contribution in [0.25, 0.3) is 0 Å². The molecule has 0 amide bonds. The van der Waals surface area contributed by atoms with E-state index < -0.39 is 5.97 Å². The zero-order valence-corrected chi connectivity index (χ0v) is 12.9. The van der Waals surface area contributed by atoms with Crippen LogP contribution in [0.15, 0.2) is 12.1 Å². The number of benzene rings is 1. The molecule has 18 heavy (non-hydrogen) atoms. The molecule has 0 spiro atoms. The number of carboxylic acids is 1. The van der Waals surface area contributed by atoms with Crippen LogP contribution in [0.5, 0.6) is 11.5 Å². The first kappa shape index (κ1) is 14.1. The van der Waals surface area contributed by atoms with Gasteiger partial charge in [0.2, 0.25) is 6.79 Å².